The summed E-state index contributed by atoms with van der Waals surface area (Å²) in [6.07, 6.45) is -7.28. The molecule has 0 radical (unpaired) electrons. The van der Waals surface area contributed by atoms with Gasteiger partial charge in [-0.3, -0.25) is 9.59 Å². The third-order valence-electron chi connectivity index (χ3n) is 4.36. The maximum absolute atomic E-state index is 13.6. The molecule has 188 valence electrons. The zero-order valence-electron chi connectivity index (χ0n) is 17.3. The van der Waals surface area contributed by atoms with Gasteiger partial charge in [-0.15, -0.1) is 0 Å². The molecule has 0 saturated carbocycles. The standard InChI is InChI=1S/C22H15Cl3F6N2O2/c1-11(19(34)32-10-21(26,27)28)33-20(35)13-5-2-12(3-6-13)4-7-15(22(29,30)31)14-8-16(23)18(25)17(24)9-14/h2-9,15H,1,10H2,(H,32,34)(H,33,35). The normalized spacial score (nSPS) is 12.9. The molecule has 0 aliphatic carbocycles. The molecule has 2 rings (SSSR count). The van der Waals surface area contributed by atoms with Crippen LogP contribution in [0.15, 0.2) is 54.8 Å². The van der Waals surface area contributed by atoms with Crippen LogP contribution in [0.3, 0.4) is 0 Å². The van der Waals surface area contributed by atoms with Gasteiger partial charge in [-0.1, -0.05) is 65.7 Å². The van der Waals surface area contributed by atoms with Crippen LogP contribution in [0.2, 0.25) is 15.1 Å². The Balaban J connectivity index is 2.12. The molecule has 2 aromatic carbocycles. The van der Waals surface area contributed by atoms with Crippen LogP contribution in [-0.2, 0) is 4.79 Å². The van der Waals surface area contributed by atoms with Gasteiger partial charge in [-0.2, -0.15) is 26.3 Å². The first-order valence-electron chi connectivity index (χ1n) is 9.43. The van der Waals surface area contributed by atoms with Crippen LogP contribution >= 0.6 is 34.8 Å². The largest absolute Gasteiger partial charge is 0.405 e. The Hall–Kier alpha value is -2.69. The third-order valence-corrected chi connectivity index (χ3v) is 5.56. The van der Waals surface area contributed by atoms with Gasteiger partial charge in [0.15, 0.2) is 0 Å². The molecule has 0 aromatic heterocycles. The summed E-state index contributed by atoms with van der Waals surface area (Å²) < 4.78 is 77.3. The number of amides is 2. The number of carbonyl (C=O) groups is 2. The van der Waals surface area contributed by atoms with Crippen molar-refractivity contribution >= 4 is 52.7 Å². The third kappa shape index (κ3) is 8.48. The Morgan fingerprint density at radius 3 is 2.00 bits per heavy atom. The number of alkyl halides is 6. The summed E-state index contributed by atoms with van der Waals surface area (Å²) in [6.45, 7) is 1.60. The summed E-state index contributed by atoms with van der Waals surface area (Å²) in [5, 5.41) is 3.24. The van der Waals surface area contributed by atoms with Crippen molar-refractivity contribution in [1.82, 2.24) is 10.6 Å². The minimum Gasteiger partial charge on any atom is -0.342 e. The lowest BCUT2D eigenvalue weighted by molar-refractivity contribution is -0.139. The number of rotatable bonds is 7. The van der Waals surface area contributed by atoms with Crippen molar-refractivity contribution in [2.24, 2.45) is 0 Å². The lowest BCUT2D eigenvalue weighted by atomic mass is 9.97. The average Bonchev–Trinajstić information content (AvgIpc) is 2.74. The van der Waals surface area contributed by atoms with E-state index in [1.807, 2.05) is 5.32 Å². The summed E-state index contributed by atoms with van der Waals surface area (Å²) in [5.41, 5.74) is -0.567. The number of benzene rings is 2. The van der Waals surface area contributed by atoms with Crippen LogP contribution in [0.25, 0.3) is 6.08 Å². The van der Waals surface area contributed by atoms with E-state index in [1.54, 1.807) is 5.32 Å². The molecule has 0 spiro atoms. The molecule has 0 fully saturated rings. The fraction of sp³-hybridized carbons (Fsp3) is 0.182. The fourth-order valence-corrected chi connectivity index (χ4v) is 3.28. The Bertz CT molecular complexity index is 1120. The number of hydrogen-bond acceptors (Lipinski definition) is 2. The quantitative estimate of drug-likeness (QED) is 0.220. The van der Waals surface area contributed by atoms with Crippen LogP contribution in [-0.4, -0.2) is 30.7 Å². The van der Waals surface area contributed by atoms with E-state index >= 15 is 0 Å². The maximum atomic E-state index is 13.6. The summed E-state index contributed by atoms with van der Waals surface area (Å²) >= 11 is 17.5. The van der Waals surface area contributed by atoms with Crippen molar-refractivity contribution in [3.05, 3.63) is 86.5 Å². The van der Waals surface area contributed by atoms with Gasteiger partial charge in [0.25, 0.3) is 11.8 Å². The van der Waals surface area contributed by atoms with Crippen LogP contribution in [0.4, 0.5) is 26.3 Å². The lowest BCUT2D eigenvalue weighted by Crippen LogP contribution is -2.39. The SMILES string of the molecule is C=C(NC(=O)c1ccc(C=CC(c2cc(Cl)c(Cl)c(Cl)c2)C(F)(F)F)cc1)C(=O)NCC(F)(F)F. The highest BCUT2D eigenvalue weighted by atomic mass is 35.5. The molecular weight excluding hydrogens is 545 g/mol. The molecule has 2 aromatic rings. The Morgan fingerprint density at radius 1 is 0.971 bits per heavy atom. The highest BCUT2D eigenvalue weighted by Crippen LogP contribution is 2.41. The Morgan fingerprint density at radius 2 is 1.51 bits per heavy atom. The van der Waals surface area contributed by atoms with E-state index in [0.29, 0.717) is 5.56 Å². The minimum absolute atomic E-state index is 0.0180. The molecule has 1 unspecified atom stereocenters. The van der Waals surface area contributed by atoms with Crippen LogP contribution in [0.5, 0.6) is 0 Å². The zero-order valence-corrected chi connectivity index (χ0v) is 19.6. The molecule has 0 heterocycles. The van der Waals surface area contributed by atoms with Crippen molar-refractivity contribution in [3.63, 3.8) is 0 Å². The van der Waals surface area contributed by atoms with Gasteiger partial charge in [0.2, 0.25) is 0 Å². The lowest BCUT2D eigenvalue weighted by Gasteiger charge is -2.18. The van der Waals surface area contributed by atoms with E-state index in [1.165, 1.54) is 30.3 Å². The van der Waals surface area contributed by atoms with Gasteiger partial charge in [0.05, 0.1) is 26.7 Å². The summed E-state index contributed by atoms with van der Waals surface area (Å²) in [5.74, 6) is -4.14. The van der Waals surface area contributed by atoms with E-state index < -0.39 is 42.3 Å². The average molecular weight is 560 g/mol. The monoisotopic (exact) mass is 558 g/mol. The van der Waals surface area contributed by atoms with Gasteiger partial charge in [-0.25, -0.2) is 0 Å². The van der Waals surface area contributed by atoms with Gasteiger partial charge in [0, 0.05) is 5.56 Å². The van der Waals surface area contributed by atoms with E-state index in [2.05, 4.69) is 6.58 Å². The number of allylic oxidation sites excluding steroid dienone is 1. The summed E-state index contributed by atoms with van der Waals surface area (Å²) in [6, 6.07) is 7.26. The number of nitrogens with one attached hydrogen (secondary N) is 2. The molecular formula is C22H15Cl3F6N2O2. The van der Waals surface area contributed by atoms with Crippen LogP contribution in [0.1, 0.15) is 27.4 Å². The topological polar surface area (TPSA) is 58.2 Å². The fourth-order valence-electron chi connectivity index (χ4n) is 2.67. The molecule has 0 aliphatic heterocycles. The minimum atomic E-state index is -4.68. The molecule has 0 bridgehead atoms. The van der Waals surface area contributed by atoms with E-state index in [-0.39, 0.29) is 26.2 Å². The predicted molar refractivity (Wildman–Crippen MR) is 121 cm³/mol. The Kier molecular flexibility index (Phi) is 9.27. The molecule has 13 heteroatoms. The number of carbonyl (C=O) groups excluding carboxylic acids is 2. The van der Waals surface area contributed by atoms with E-state index in [4.69, 9.17) is 34.8 Å². The molecule has 35 heavy (non-hydrogen) atoms. The summed E-state index contributed by atoms with van der Waals surface area (Å²) in [7, 11) is 0. The zero-order chi connectivity index (χ0) is 26.6. The van der Waals surface area contributed by atoms with E-state index in [9.17, 15) is 35.9 Å². The van der Waals surface area contributed by atoms with Crippen molar-refractivity contribution in [3.8, 4) is 0 Å². The molecule has 2 amide bonds. The first-order chi connectivity index (χ1) is 16.1. The van der Waals surface area contributed by atoms with Gasteiger partial charge < -0.3 is 10.6 Å². The second-order valence-corrected chi connectivity index (χ2v) is 8.22. The van der Waals surface area contributed by atoms with Gasteiger partial charge in [-0.05, 0) is 35.4 Å². The molecule has 4 nitrogen and oxygen atoms in total. The first-order valence-corrected chi connectivity index (χ1v) is 10.6. The number of halogens is 9. The van der Waals surface area contributed by atoms with Gasteiger partial charge in [0.1, 0.15) is 6.54 Å². The van der Waals surface area contributed by atoms with Crippen molar-refractivity contribution < 1.29 is 35.9 Å². The van der Waals surface area contributed by atoms with Crippen molar-refractivity contribution in [1.29, 1.82) is 0 Å². The second-order valence-electron chi connectivity index (χ2n) is 7.03. The molecule has 1 atom stereocenters. The van der Waals surface area contributed by atoms with Crippen molar-refractivity contribution in [2.45, 2.75) is 18.3 Å². The van der Waals surface area contributed by atoms with Crippen LogP contribution in [0, 0.1) is 0 Å². The first kappa shape index (κ1) is 28.5. The van der Waals surface area contributed by atoms with Crippen molar-refractivity contribution in [2.75, 3.05) is 6.54 Å². The maximum Gasteiger partial charge on any atom is 0.405 e. The molecule has 2 N–H and O–H groups in total. The predicted octanol–water partition coefficient (Wildman–Crippen LogP) is 6.93. The number of hydrogen-bond donors (Lipinski definition) is 2. The molecule has 0 saturated heterocycles. The second kappa shape index (κ2) is 11.4. The van der Waals surface area contributed by atoms with E-state index in [0.717, 1.165) is 18.2 Å². The van der Waals surface area contributed by atoms with Gasteiger partial charge >= 0.3 is 12.4 Å². The Labute approximate surface area is 210 Å². The highest BCUT2D eigenvalue weighted by molar-refractivity contribution is 6.48. The van der Waals surface area contributed by atoms with Crippen LogP contribution < -0.4 is 10.6 Å². The highest BCUT2D eigenvalue weighted by Gasteiger charge is 2.39. The smallest absolute Gasteiger partial charge is 0.342 e. The summed E-state index contributed by atoms with van der Waals surface area (Å²) in [4.78, 5) is 23.7. The molecule has 0 aliphatic rings.